The summed E-state index contributed by atoms with van der Waals surface area (Å²) >= 11 is 0. The standard InChI is InChI=1S/C38H41N3O2/c42-38-29(16-19-36-34-12-7-21-39-20-6-10-30(37(34)39)25-41(36)38)22-31-24-40(35-13-5-4-11-33(31)35)23-27-14-17-32(18-15-27)43-26-28-8-2-1-3-9-28/h1-5,8-9,11,13-15,17-18,22,24,30,34,36-37H,6-7,10,12,16,19-21,23,25-26H2/b29-22+/t30-,34-,36-,37+/m1/s1. The van der Waals surface area contributed by atoms with Gasteiger partial charge in [0.25, 0.3) is 0 Å². The number of para-hydroxylation sites is 1. The molecule has 4 aromatic rings. The van der Waals surface area contributed by atoms with E-state index in [1.54, 1.807) is 0 Å². The van der Waals surface area contributed by atoms with Gasteiger partial charge in [0.2, 0.25) is 5.91 Å². The molecule has 0 aliphatic carbocycles. The van der Waals surface area contributed by atoms with Gasteiger partial charge in [0.05, 0.1) is 0 Å². The zero-order valence-electron chi connectivity index (χ0n) is 24.9. The van der Waals surface area contributed by atoms with Crippen molar-refractivity contribution in [3.63, 3.8) is 0 Å². The Bertz CT molecular complexity index is 1640. The van der Waals surface area contributed by atoms with Gasteiger partial charge in [-0.25, -0.2) is 0 Å². The number of benzene rings is 3. The lowest BCUT2D eigenvalue weighted by molar-refractivity contribution is -0.145. The van der Waals surface area contributed by atoms with Crippen LogP contribution in [0.15, 0.2) is 90.6 Å². The fraction of sp³-hybridized carbons (Fsp3) is 0.395. The monoisotopic (exact) mass is 571 g/mol. The van der Waals surface area contributed by atoms with Crippen molar-refractivity contribution in [2.75, 3.05) is 19.6 Å². The molecule has 4 fully saturated rings. The van der Waals surface area contributed by atoms with Crippen molar-refractivity contribution < 1.29 is 9.53 Å². The van der Waals surface area contributed by atoms with E-state index in [1.165, 1.54) is 55.2 Å². The highest BCUT2D eigenvalue weighted by Gasteiger charge is 2.51. The van der Waals surface area contributed by atoms with Gasteiger partial charge >= 0.3 is 0 Å². The summed E-state index contributed by atoms with van der Waals surface area (Å²) < 4.78 is 8.32. The van der Waals surface area contributed by atoms with E-state index in [4.69, 9.17) is 4.74 Å². The lowest BCUT2D eigenvalue weighted by Crippen LogP contribution is -2.66. The number of aromatic nitrogens is 1. The molecule has 0 saturated carbocycles. The topological polar surface area (TPSA) is 37.7 Å². The Balaban J connectivity index is 1.01. The molecule has 0 bridgehead atoms. The summed E-state index contributed by atoms with van der Waals surface area (Å²) in [6.07, 6.45) is 11.6. The molecule has 5 heterocycles. The maximum Gasteiger partial charge on any atom is 0.250 e. The largest absolute Gasteiger partial charge is 0.489 e. The van der Waals surface area contributed by atoms with Crippen molar-refractivity contribution >= 4 is 22.9 Å². The predicted octanol–water partition coefficient (Wildman–Crippen LogP) is 7.15. The highest BCUT2D eigenvalue weighted by molar-refractivity contribution is 6.01. The summed E-state index contributed by atoms with van der Waals surface area (Å²) in [6, 6.07) is 28.4. The quantitative estimate of drug-likeness (QED) is 0.231. The fourth-order valence-corrected chi connectivity index (χ4v) is 8.66. The second kappa shape index (κ2) is 11.3. The normalized spacial score (nSPS) is 26.4. The first-order valence-electron chi connectivity index (χ1n) is 16.3. The van der Waals surface area contributed by atoms with Crippen molar-refractivity contribution in [3.8, 4) is 5.75 Å². The summed E-state index contributed by atoms with van der Waals surface area (Å²) in [5.74, 6) is 2.48. The van der Waals surface area contributed by atoms with E-state index in [-0.39, 0.29) is 0 Å². The van der Waals surface area contributed by atoms with E-state index in [9.17, 15) is 4.79 Å². The fourth-order valence-electron chi connectivity index (χ4n) is 8.66. The van der Waals surface area contributed by atoms with Crippen LogP contribution in [0.25, 0.3) is 17.0 Å². The summed E-state index contributed by atoms with van der Waals surface area (Å²) in [5.41, 5.74) is 5.72. The van der Waals surface area contributed by atoms with E-state index in [0.717, 1.165) is 48.4 Å². The van der Waals surface area contributed by atoms with E-state index >= 15 is 0 Å². The highest BCUT2D eigenvalue weighted by atomic mass is 16.5. The smallest absolute Gasteiger partial charge is 0.250 e. The third-order valence-corrected chi connectivity index (χ3v) is 10.6. The van der Waals surface area contributed by atoms with Crippen LogP contribution in [0.5, 0.6) is 5.75 Å². The molecular formula is C38H41N3O2. The van der Waals surface area contributed by atoms with Gasteiger partial charge in [0, 0.05) is 53.4 Å². The number of carbonyl (C=O) groups excluding carboxylic acids is 1. The molecule has 1 amide bonds. The van der Waals surface area contributed by atoms with Gasteiger partial charge in [-0.05, 0) is 98.9 Å². The third-order valence-electron chi connectivity index (χ3n) is 10.6. The van der Waals surface area contributed by atoms with E-state index in [1.807, 2.05) is 18.2 Å². The Kier molecular flexibility index (Phi) is 7.07. The number of piperidine rings is 4. The zero-order chi connectivity index (χ0) is 28.8. The Hall–Kier alpha value is -3.83. The van der Waals surface area contributed by atoms with Crippen LogP contribution in [0.4, 0.5) is 0 Å². The Morgan fingerprint density at radius 1 is 0.837 bits per heavy atom. The minimum Gasteiger partial charge on any atom is -0.489 e. The molecule has 220 valence electrons. The van der Waals surface area contributed by atoms with Gasteiger partial charge in [0.1, 0.15) is 12.4 Å². The molecule has 4 atom stereocenters. The molecule has 5 nitrogen and oxygen atoms in total. The van der Waals surface area contributed by atoms with E-state index < -0.39 is 0 Å². The molecule has 43 heavy (non-hydrogen) atoms. The van der Waals surface area contributed by atoms with Crippen molar-refractivity contribution in [1.82, 2.24) is 14.4 Å². The number of hydrogen-bond acceptors (Lipinski definition) is 3. The Labute approximate surface area is 254 Å². The van der Waals surface area contributed by atoms with Crippen LogP contribution in [0, 0.1) is 11.8 Å². The first-order chi connectivity index (χ1) is 21.2. The average molecular weight is 572 g/mol. The van der Waals surface area contributed by atoms with Crippen molar-refractivity contribution in [1.29, 1.82) is 0 Å². The van der Waals surface area contributed by atoms with Crippen LogP contribution < -0.4 is 4.74 Å². The summed E-state index contributed by atoms with van der Waals surface area (Å²) in [4.78, 5) is 19.1. The van der Waals surface area contributed by atoms with Crippen LogP contribution in [-0.2, 0) is 17.9 Å². The SMILES string of the molecule is O=C1/C(=C/c2cn(Cc3ccc(OCc4ccccc4)cc3)c3ccccc23)CC[C@@H]2[C@H]3CCCN4CCC[C@H](CN12)[C@@H]34. The van der Waals surface area contributed by atoms with Crippen molar-refractivity contribution in [2.45, 2.75) is 63.8 Å². The summed E-state index contributed by atoms with van der Waals surface area (Å²) in [7, 11) is 0. The van der Waals surface area contributed by atoms with E-state index in [2.05, 4.69) is 87.3 Å². The molecule has 3 aromatic carbocycles. The van der Waals surface area contributed by atoms with Gasteiger partial charge in [0.15, 0.2) is 0 Å². The van der Waals surface area contributed by atoms with Crippen molar-refractivity contribution in [3.05, 3.63) is 107 Å². The van der Waals surface area contributed by atoms with Crippen LogP contribution in [0.1, 0.15) is 55.2 Å². The summed E-state index contributed by atoms with van der Waals surface area (Å²) in [6.45, 7) is 4.81. The molecule has 4 aliphatic heterocycles. The number of hydrogen-bond donors (Lipinski definition) is 0. The first-order valence-corrected chi connectivity index (χ1v) is 16.3. The molecule has 0 spiro atoms. The molecule has 4 aliphatic rings. The molecular weight excluding hydrogens is 530 g/mol. The minimum atomic E-state index is 0.292. The average Bonchev–Trinajstić information content (AvgIpc) is 3.39. The van der Waals surface area contributed by atoms with Crippen LogP contribution >= 0.6 is 0 Å². The maximum absolute atomic E-state index is 14.0. The van der Waals surface area contributed by atoms with Crippen LogP contribution in [0.3, 0.4) is 0 Å². The summed E-state index contributed by atoms with van der Waals surface area (Å²) in [5, 5.41) is 1.21. The number of amides is 1. The van der Waals surface area contributed by atoms with E-state index in [0.29, 0.717) is 36.4 Å². The third kappa shape index (κ3) is 5.08. The van der Waals surface area contributed by atoms with Gasteiger partial charge in [-0.1, -0.05) is 60.7 Å². The van der Waals surface area contributed by atoms with Gasteiger partial charge < -0.3 is 14.2 Å². The Morgan fingerprint density at radius 3 is 2.49 bits per heavy atom. The molecule has 5 heteroatoms. The maximum atomic E-state index is 14.0. The lowest BCUT2D eigenvalue weighted by Gasteiger charge is -2.58. The van der Waals surface area contributed by atoms with Crippen LogP contribution in [0.2, 0.25) is 0 Å². The molecule has 1 aromatic heterocycles. The zero-order valence-corrected chi connectivity index (χ0v) is 24.9. The minimum absolute atomic E-state index is 0.292. The second-order valence-electron chi connectivity index (χ2n) is 13.1. The van der Waals surface area contributed by atoms with Gasteiger partial charge in [-0.3, -0.25) is 9.69 Å². The number of fused-ring (bicyclic) bond motifs is 3. The number of carbonyl (C=O) groups is 1. The Morgan fingerprint density at radius 2 is 1.63 bits per heavy atom. The molecule has 0 radical (unpaired) electrons. The molecule has 0 N–H and O–H groups in total. The van der Waals surface area contributed by atoms with Crippen molar-refractivity contribution in [2.24, 2.45) is 11.8 Å². The molecule has 4 saturated heterocycles. The van der Waals surface area contributed by atoms with Gasteiger partial charge in [-0.2, -0.15) is 0 Å². The lowest BCUT2D eigenvalue weighted by atomic mass is 9.67. The number of rotatable bonds is 6. The van der Waals surface area contributed by atoms with Crippen LogP contribution in [-0.4, -0.2) is 52.0 Å². The predicted molar refractivity (Wildman–Crippen MR) is 172 cm³/mol. The second-order valence-corrected chi connectivity index (χ2v) is 13.1. The number of nitrogens with zero attached hydrogens (tertiary/aromatic N) is 3. The number of ether oxygens (including phenoxy) is 1. The highest BCUT2D eigenvalue weighted by Crippen LogP contribution is 2.45. The first kappa shape index (κ1) is 26.8. The molecule has 8 rings (SSSR count). The molecule has 0 unspecified atom stereocenters. The van der Waals surface area contributed by atoms with Gasteiger partial charge in [-0.15, -0.1) is 0 Å².